The van der Waals surface area contributed by atoms with Gasteiger partial charge in [0, 0.05) is 42.8 Å². The first-order valence-corrected chi connectivity index (χ1v) is 12.0. The number of nitrogens with one attached hydrogen (secondary N) is 1. The molecule has 0 radical (unpaired) electrons. The Morgan fingerprint density at radius 1 is 0.971 bits per heavy atom. The number of esters is 1. The van der Waals surface area contributed by atoms with Crippen molar-refractivity contribution in [2.24, 2.45) is 0 Å². The molecule has 2 aromatic carbocycles. The van der Waals surface area contributed by atoms with Crippen LogP contribution in [0.4, 0.5) is 10.7 Å². The topological polar surface area (TPSA) is 71.1 Å². The van der Waals surface area contributed by atoms with Crippen molar-refractivity contribution in [3.63, 3.8) is 0 Å². The van der Waals surface area contributed by atoms with Crippen LogP contribution in [0.25, 0.3) is 11.1 Å². The maximum atomic E-state index is 12.8. The smallest absolute Gasteiger partial charge is 0.341 e. The number of hydrogen-bond acceptors (Lipinski definition) is 7. The molecule has 0 unspecified atom stereocenters. The number of nitrogens with zero attached hydrogens (tertiary/aromatic N) is 2. The lowest BCUT2D eigenvalue weighted by Gasteiger charge is -2.35. The monoisotopic (exact) mass is 479 g/mol. The molecule has 1 amide bonds. The van der Waals surface area contributed by atoms with Crippen molar-refractivity contribution in [2.45, 2.75) is 6.92 Å². The third-order valence-electron chi connectivity index (χ3n) is 5.97. The number of carbonyl (C=O) groups excluding carboxylic acids is 2. The third-order valence-corrected chi connectivity index (χ3v) is 6.87. The van der Waals surface area contributed by atoms with Gasteiger partial charge >= 0.3 is 5.97 Å². The second-order valence-electron chi connectivity index (χ2n) is 8.22. The van der Waals surface area contributed by atoms with E-state index < -0.39 is 5.97 Å². The molecular weight excluding hydrogens is 450 g/mol. The molecule has 7 nitrogen and oxygen atoms in total. The van der Waals surface area contributed by atoms with Crippen LogP contribution in [0.5, 0.6) is 5.75 Å². The highest BCUT2D eigenvalue weighted by Crippen LogP contribution is 2.36. The van der Waals surface area contributed by atoms with E-state index in [2.05, 4.69) is 27.2 Å². The molecule has 0 spiro atoms. The number of carbonyl (C=O) groups is 2. The Bertz CT molecular complexity index is 1130. The lowest BCUT2D eigenvalue weighted by atomic mass is 10.0. The summed E-state index contributed by atoms with van der Waals surface area (Å²) in [6.45, 7) is 5.52. The second kappa shape index (κ2) is 10.7. The Hall–Kier alpha value is -3.36. The molecule has 178 valence electrons. The molecule has 1 N–H and O–H groups in total. The van der Waals surface area contributed by atoms with E-state index in [-0.39, 0.29) is 12.5 Å². The fraction of sp³-hybridized carbons (Fsp3) is 0.308. The second-order valence-corrected chi connectivity index (χ2v) is 9.10. The molecule has 4 rings (SSSR count). The molecule has 8 heteroatoms. The molecular formula is C26H29N3O4S. The van der Waals surface area contributed by atoms with Crippen LogP contribution in [0.1, 0.15) is 15.9 Å². The molecule has 0 saturated carbocycles. The summed E-state index contributed by atoms with van der Waals surface area (Å²) in [4.78, 5) is 29.8. The molecule has 1 fully saturated rings. The standard InChI is InChI=1S/C26H29N3O4S/c1-18-4-6-19(7-5-18)22-17-34-25(24(22)26(31)33-3)27-23(30)16-28-12-14-29(15-13-28)20-8-10-21(32-2)11-9-20/h4-11,17H,12-16H2,1-3H3,(H,27,30). The number of ether oxygens (including phenoxy) is 2. The highest BCUT2D eigenvalue weighted by molar-refractivity contribution is 7.15. The molecule has 3 aromatic rings. The Kier molecular flexibility index (Phi) is 7.49. The fourth-order valence-corrected chi connectivity index (χ4v) is 5.00. The van der Waals surface area contributed by atoms with Crippen LogP contribution in [0.15, 0.2) is 53.9 Å². The van der Waals surface area contributed by atoms with Gasteiger partial charge < -0.3 is 19.7 Å². The van der Waals surface area contributed by atoms with E-state index in [1.54, 1.807) is 7.11 Å². The quantitative estimate of drug-likeness (QED) is 0.510. The van der Waals surface area contributed by atoms with E-state index in [4.69, 9.17) is 9.47 Å². The van der Waals surface area contributed by atoms with E-state index in [1.807, 2.05) is 48.7 Å². The van der Waals surface area contributed by atoms with Crippen LogP contribution in [-0.2, 0) is 9.53 Å². The highest BCUT2D eigenvalue weighted by Gasteiger charge is 2.24. The minimum atomic E-state index is -0.458. The SMILES string of the molecule is COC(=O)c1c(-c2ccc(C)cc2)csc1NC(=O)CN1CCN(c2ccc(OC)cc2)CC1. The number of thiophene rings is 1. The Labute approximate surface area is 203 Å². The predicted octanol–water partition coefficient (Wildman–Crippen LogP) is 4.28. The van der Waals surface area contributed by atoms with Crippen molar-refractivity contribution >= 4 is 33.9 Å². The Morgan fingerprint density at radius 3 is 2.26 bits per heavy atom. The van der Waals surface area contributed by atoms with Crippen molar-refractivity contribution in [3.8, 4) is 16.9 Å². The van der Waals surface area contributed by atoms with Crippen molar-refractivity contribution < 1.29 is 19.1 Å². The van der Waals surface area contributed by atoms with Crippen molar-refractivity contribution in [1.29, 1.82) is 0 Å². The van der Waals surface area contributed by atoms with E-state index in [9.17, 15) is 9.59 Å². The zero-order chi connectivity index (χ0) is 24.1. The molecule has 1 aliphatic heterocycles. The zero-order valence-electron chi connectivity index (χ0n) is 19.7. The zero-order valence-corrected chi connectivity index (χ0v) is 20.5. The van der Waals surface area contributed by atoms with Crippen molar-refractivity contribution in [2.75, 3.05) is 57.2 Å². The van der Waals surface area contributed by atoms with Gasteiger partial charge in [0.25, 0.3) is 0 Å². The van der Waals surface area contributed by atoms with Crippen LogP contribution in [0, 0.1) is 6.92 Å². The van der Waals surface area contributed by atoms with E-state index in [1.165, 1.54) is 18.4 Å². The maximum absolute atomic E-state index is 12.8. The Balaban J connectivity index is 1.38. The van der Waals surface area contributed by atoms with Crippen LogP contribution < -0.4 is 15.0 Å². The summed E-state index contributed by atoms with van der Waals surface area (Å²) >= 11 is 1.34. The van der Waals surface area contributed by atoms with E-state index in [0.717, 1.165) is 54.3 Å². The summed E-state index contributed by atoms with van der Waals surface area (Å²) in [7, 11) is 3.01. The van der Waals surface area contributed by atoms with Gasteiger partial charge in [0.05, 0.1) is 20.8 Å². The fourth-order valence-electron chi connectivity index (χ4n) is 4.03. The van der Waals surface area contributed by atoms with Gasteiger partial charge in [0.15, 0.2) is 0 Å². The van der Waals surface area contributed by atoms with Gasteiger partial charge in [-0.1, -0.05) is 29.8 Å². The molecule has 0 aliphatic carbocycles. The molecule has 1 aliphatic rings. The summed E-state index contributed by atoms with van der Waals surface area (Å²) in [5.74, 6) is 0.241. The first-order chi connectivity index (χ1) is 16.5. The lowest BCUT2D eigenvalue weighted by molar-refractivity contribution is -0.117. The summed E-state index contributed by atoms with van der Waals surface area (Å²) in [6.07, 6.45) is 0. The van der Waals surface area contributed by atoms with Gasteiger partial charge in [0.1, 0.15) is 16.3 Å². The van der Waals surface area contributed by atoms with Gasteiger partial charge in [-0.15, -0.1) is 11.3 Å². The van der Waals surface area contributed by atoms with Crippen LogP contribution in [0.3, 0.4) is 0 Å². The van der Waals surface area contributed by atoms with Gasteiger partial charge in [-0.2, -0.15) is 0 Å². The number of methoxy groups -OCH3 is 2. The number of hydrogen-bond donors (Lipinski definition) is 1. The third kappa shape index (κ3) is 5.40. The molecule has 0 bridgehead atoms. The minimum absolute atomic E-state index is 0.139. The van der Waals surface area contributed by atoms with Crippen molar-refractivity contribution in [1.82, 2.24) is 4.90 Å². The molecule has 1 saturated heterocycles. The van der Waals surface area contributed by atoms with Crippen LogP contribution >= 0.6 is 11.3 Å². The van der Waals surface area contributed by atoms with Crippen LogP contribution in [-0.4, -0.2) is 63.7 Å². The lowest BCUT2D eigenvalue weighted by Crippen LogP contribution is -2.48. The summed E-state index contributed by atoms with van der Waals surface area (Å²) in [6, 6.07) is 16.0. The molecule has 34 heavy (non-hydrogen) atoms. The van der Waals surface area contributed by atoms with Crippen molar-refractivity contribution in [3.05, 3.63) is 65.0 Å². The maximum Gasteiger partial charge on any atom is 0.341 e. The van der Waals surface area contributed by atoms with Gasteiger partial charge in [0.2, 0.25) is 5.91 Å². The molecule has 1 aromatic heterocycles. The van der Waals surface area contributed by atoms with Crippen LogP contribution in [0.2, 0.25) is 0 Å². The van der Waals surface area contributed by atoms with Gasteiger partial charge in [-0.05, 0) is 36.8 Å². The average Bonchev–Trinajstić information content (AvgIpc) is 3.27. The number of rotatable bonds is 7. The number of piperazine rings is 1. The summed E-state index contributed by atoms with van der Waals surface area (Å²) in [5, 5.41) is 5.35. The normalized spacial score (nSPS) is 14.0. The number of anilines is 2. The minimum Gasteiger partial charge on any atom is -0.497 e. The first kappa shape index (κ1) is 23.8. The Morgan fingerprint density at radius 2 is 1.65 bits per heavy atom. The molecule has 0 atom stereocenters. The summed E-state index contributed by atoms with van der Waals surface area (Å²) in [5.41, 5.74) is 4.36. The highest BCUT2D eigenvalue weighted by atomic mass is 32.1. The van der Waals surface area contributed by atoms with E-state index in [0.29, 0.717) is 10.6 Å². The first-order valence-electron chi connectivity index (χ1n) is 11.2. The number of aryl methyl sites for hydroxylation is 1. The largest absolute Gasteiger partial charge is 0.497 e. The van der Waals surface area contributed by atoms with Gasteiger partial charge in [-0.3, -0.25) is 9.69 Å². The molecule has 2 heterocycles. The van der Waals surface area contributed by atoms with E-state index >= 15 is 0 Å². The average molecular weight is 480 g/mol. The predicted molar refractivity (Wildman–Crippen MR) is 136 cm³/mol. The van der Waals surface area contributed by atoms with Gasteiger partial charge in [-0.25, -0.2) is 4.79 Å². The number of amides is 1. The number of benzene rings is 2. The summed E-state index contributed by atoms with van der Waals surface area (Å²) < 4.78 is 10.2.